The SMILES string of the molecule is O=C1C[C@@H](C2C=CC=C(Cl)C2)[C@]2(C(=O)Nc3cc(Cl)ccc32)[C@H](c2cc(Br)ccc2Oc2ccc(F)cc2)N1. The number of benzene rings is 3. The lowest BCUT2D eigenvalue weighted by molar-refractivity contribution is -0.135. The standard InChI is InChI=1S/C30H22BrCl2FN2O3/c31-17-4-11-26(39-21-8-6-20(34)7-9-21)22(13-17)28-30(23-10-5-19(33)14-25(23)35-29(30)38)24(15-27(37)36-28)16-2-1-3-18(32)12-16/h1-11,13-14,16,24,28H,12,15H2,(H,35,38)(H,36,37)/t16?,24-,28-,30-/m0/s1. The number of hydrogen-bond donors (Lipinski definition) is 2. The van der Waals surface area contributed by atoms with E-state index in [9.17, 15) is 14.0 Å². The second kappa shape index (κ2) is 10.1. The summed E-state index contributed by atoms with van der Waals surface area (Å²) >= 11 is 16.3. The predicted octanol–water partition coefficient (Wildman–Crippen LogP) is 7.80. The molecule has 1 fully saturated rings. The lowest BCUT2D eigenvalue weighted by Gasteiger charge is -2.49. The number of anilines is 1. The molecule has 3 aromatic rings. The Morgan fingerprint density at radius 2 is 1.79 bits per heavy atom. The summed E-state index contributed by atoms with van der Waals surface area (Å²) in [5.74, 6) is -0.539. The van der Waals surface area contributed by atoms with Crippen LogP contribution in [-0.4, -0.2) is 11.8 Å². The lowest BCUT2D eigenvalue weighted by Crippen LogP contribution is -2.59. The van der Waals surface area contributed by atoms with Crippen LogP contribution in [0.1, 0.15) is 30.0 Å². The molecule has 9 heteroatoms. The number of allylic oxidation sites excluding steroid dienone is 4. The number of nitrogens with one attached hydrogen (secondary N) is 2. The minimum absolute atomic E-state index is 0.132. The number of fused-ring (bicyclic) bond motifs is 2. The molecule has 0 bridgehead atoms. The first-order valence-electron chi connectivity index (χ1n) is 12.4. The first-order chi connectivity index (χ1) is 18.8. The third-order valence-corrected chi connectivity index (χ3v) is 8.72. The quantitative estimate of drug-likeness (QED) is 0.310. The average Bonchev–Trinajstić information content (AvgIpc) is 3.18. The van der Waals surface area contributed by atoms with Crippen LogP contribution in [0.5, 0.6) is 11.5 Å². The van der Waals surface area contributed by atoms with Gasteiger partial charge in [0.25, 0.3) is 0 Å². The maximum Gasteiger partial charge on any atom is 0.237 e. The Morgan fingerprint density at radius 1 is 1.00 bits per heavy atom. The molecule has 1 spiro atoms. The van der Waals surface area contributed by atoms with Crippen LogP contribution in [0.25, 0.3) is 0 Å². The molecule has 1 aliphatic carbocycles. The summed E-state index contributed by atoms with van der Waals surface area (Å²) < 4.78 is 20.5. The fraction of sp³-hybridized carbons (Fsp3) is 0.200. The number of carbonyl (C=O) groups is 2. The van der Waals surface area contributed by atoms with Gasteiger partial charge >= 0.3 is 0 Å². The molecule has 0 radical (unpaired) electrons. The molecule has 6 rings (SSSR count). The highest BCUT2D eigenvalue weighted by molar-refractivity contribution is 9.10. The second-order valence-electron chi connectivity index (χ2n) is 9.93. The fourth-order valence-electron chi connectivity index (χ4n) is 6.11. The van der Waals surface area contributed by atoms with Gasteiger partial charge in [-0.05, 0) is 84.5 Å². The zero-order valence-corrected chi connectivity index (χ0v) is 23.5. The average molecular weight is 628 g/mol. The highest BCUT2D eigenvalue weighted by atomic mass is 79.9. The first kappa shape index (κ1) is 26.1. The van der Waals surface area contributed by atoms with Gasteiger partial charge in [0.15, 0.2) is 0 Å². The normalized spacial score (nSPS) is 25.6. The van der Waals surface area contributed by atoms with Gasteiger partial charge in [-0.1, -0.05) is 57.4 Å². The summed E-state index contributed by atoms with van der Waals surface area (Å²) in [5, 5.41) is 7.33. The molecule has 2 amide bonds. The Bertz CT molecular complexity index is 1560. The van der Waals surface area contributed by atoms with E-state index in [4.69, 9.17) is 27.9 Å². The molecule has 0 saturated carbocycles. The van der Waals surface area contributed by atoms with E-state index < -0.39 is 17.4 Å². The van der Waals surface area contributed by atoms with E-state index in [1.54, 1.807) is 18.2 Å². The highest BCUT2D eigenvalue weighted by Gasteiger charge is 2.62. The molecule has 39 heavy (non-hydrogen) atoms. The van der Waals surface area contributed by atoms with E-state index in [0.717, 1.165) is 10.0 Å². The van der Waals surface area contributed by atoms with E-state index in [-0.39, 0.29) is 30.0 Å². The van der Waals surface area contributed by atoms with Crippen LogP contribution >= 0.6 is 39.1 Å². The van der Waals surface area contributed by atoms with Gasteiger partial charge in [0.1, 0.15) is 22.7 Å². The van der Waals surface area contributed by atoms with Gasteiger partial charge in [-0.15, -0.1) is 0 Å². The Hall–Kier alpha value is -3.13. The van der Waals surface area contributed by atoms with Crippen LogP contribution in [0.4, 0.5) is 10.1 Å². The third-order valence-electron chi connectivity index (χ3n) is 7.71. The van der Waals surface area contributed by atoms with Crippen LogP contribution in [-0.2, 0) is 15.0 Å². The highest BCUT2D eigenvalue weighted by Crippen LogP contribution is 2.58. The predicted molar refractivity (Wildman–Crippen MR) is 153 cm³/mol. The molecular weight excluding hydrogens is 606 g/mol. The molecule has 2 aliphatic heterocycles. The van der Waals surface area contributed by atoms with Gasteiger partial charge in [0.05, 0.1) is 6.04 Å². The molecule has 0 aromatic heterocycles. The summed E-state index contributed by atoms with van der Waals surface area (Å²) in [4.78, 5) is 27.6. The van der Waals surface area contributed by atoms with Crippen LogP contribution in [0.15, 0.2) is 88.4 Å². The first-order valence-corrected chi connectivity index (χ1v) is 14.0. The van der Waals surface area contributed by atoms with Crippen molar-refractivity contribution in [2.45, 2.75) is 24.3 Å². The number of amides is 2. The number of ether oxygens (including phenoxy) is 1. The van der Waals surface area contributed by atoms with E-state index in [1.165, 1.54) is 24.3 Å². The zero-order chi connectivity index (χ0) is 27.3. The van der Waals surface area contributed by atoms with E-state index in [0.29, 0.717) is 39.2 Å². The number of piperidine rings is 1. The van der Waals surface area contributed by atoms with Crippen LogP contribution < -0.4 is 15.4 Å². The zero-order valence-electron chi connectivity index (χ0n) is 20.4. The summed E-state index contributed by atoms with van der Waals surface area (Å²) in [7, 11) is 0. The van der Waals surface area contributed by atoms with Gasteiger partial charge in [0.2, 0.25) is 11.8 Å². The second-order valence-corrected chi connectivity index (χ2v) is 11.8. The molecule has 5 nitrogen and oxygen atoms in total. The monoisotopic (exact) mass is 626 g/mol. The van der Waals surface area contributed by atoms with Crippen molar-refractivity contribution < 1.29 is 18.7 Å². The van der Waals surface area contributed by atoms with Crippen molar-refractivity contribution >= 4 is 56.6 Å². The minimum atomic E-state index is -1.20. The van der Waals surface area contributed by atoms with Gasteiger partial charge in [-0.25, -0.2) is 4.39 Å². The Morgan fingerprint density at radius 3 is 2.56 bits per heavy atom. The number of halogens is 4. The number of rotatable bonds is 4. The van der Waals surface area contributed by atoms with Crippen LogP contribution in [0.3, 0.4) is 0 Å². The molecule has 1 saturated heterocycles. The van der Waals surface area contributed by atoms with Crippen LogP contribution in [0, 0.1) is 17.7 Å². The van der Waals surface area contributed by atoms with Crippen LogP contribution in [0.2, 0.25) is 5.02 Å². The molecule has 3 aliphatic rings. The maximum atomic E-state index is 14.3. The van der Waals surface area contributed by atoms with Crippen molar-refractivity contribution in [3.05, 3.63) is 110 Å². The van der Waals surface area contributed by atoms with Crippen molar-refractivity contribution in [2.24, 2.45) is 11.8 Å². The van der Waals surface area contributed by atoms with Gasteiger partial charge in [0, 0.05) is 32.2 Å². The Balaban J connectivity index is 1.56. The summed E-state index contributed by atoms with van der Waals surface area (Å²) in [6.45, 7) is 0. The van der Waals surface area contributed by atoms with Crippen molar-refractivity contribution in [2.75, 3.05) is 5.32 Å². The van der Waals surface area contributed by atoms with E-state index in [2.05, 4.69) is 26.6 Å². The largest absolute Gasteiger partial charge is 0.457 e. The summed E-state index contributed by atoms with van der Waals surface area (Å²) in [6.07, 6.45) is 6.37. The van der Waals surface area contributed by atoms with Crippen molar-refractivity contribution in [3.63, 3.8) is 0 Å². The van der Waals surface area contributed by atoms with Gasteiger partial charge in [-0.3, -0.25) is 9.59 Å². The molecule has 4 atom stereocenters. The maximum absolute atomic E-state index is 14.3. The van der Waals surface area contributed by atoms with E-state index in [1.807, 2.05) is 36.4 Å². The smallest absolute Gasteiger partial charge is 0.237 e. The molecule has 198 valence electrons. The van der Waals surface area contributed by atoms with Crippen molar-refractivity contribution in [1.29, 1.82) is 0 Å². The summed E-state index contributed by atoms with van der Waals surface area (Å²) in [6, 6.07) is 15.7. The fourth-order valence-corrected chi connectivity index (χ4v) is 6.91. The molecular formula is C30H22BrCl2FN2O3. The molecule has 3 aromatic carbocycles. The van der Waals surface area contributed by atoms with Crippen molar-refractivity contribution in [1.82, 2.24) is 5.32 Å². The third kappa shape index (κ3) is 4.56. The topological polar surface area (TPSA) is 67.4 Å². The number of hydrogen-bond acceptors (Lipinski definition) is 3. The number of carbonyl (C=O) groups excluding carboxylic acids is 2. The van der Waals surface area contributed by atoms with Gasteiger partial charge < -0.3 is 15.4 Å². The van der Waals surface area contributed by atoms with E-state index >= 15 is 0 Å². The minimum Gasteiger partial charge on any atom is -0.457 e. The lowest BCUT2D eigenvalue weighted by atomic mass is 9.57. The van der Waals surface area contributed by atoms with Crippen molar-refractivity contribution in [3.8, 4) is 11.5 Å². The molecule has 2 N–H and O–H groups in total. The van der Waals surface area contributed by atoms with Gasteiger partial charge in [-0.2, -0.15) is 0 Å². The Kier molecular flexibility index (Phi) is 6.78. The molecule has 2 heterocycles. The molecule has 1 unspecified atom stereocenters. The Labute approximate surface area is 243 Å². The summed E-state index contributed by atoms with van der Waals surface area (Å²) in [5.41, 5.74) is 0.764.